The molecule has 1 saturated heterocycles. The van der Waals surface area contributed by atoms with E-state index in [4.69, 9.17) is 9.47 Å². The fourth-order valence-corrected chi connectivity index (χ4v) is 5.67. The molecule has 0 spiro atoms. The van der Waals surface area contributed by atoms with Gasteiger partial charge in [0.25, 0.3) is 0 Å². The predicted molar refractivity (Wildman–Crippen MR) is 141 cm³/mol. The third kappa shape index (κ3) is 4.04. The number of aliphatic hydroxyl groups is 3. The molecule has 3 N–H and O–H groups in total. The summed E-state index contributed by atoms with van der Waals surface area (Å²) in [5.41, 5.74) is 4.26. The predicted octanol–water partition coefficient (Wildman–Crippen LogP) is 1.94. The highest BCUT2D eigenvalue weighted by Gasteiger charge is 2.47. The number of nitrogens with zero attached hydrogens (tertiary/aromatic N) is 5. The van der Waals surface area contributed by atoms with Crippen LogP contribution in [0.2, 0.25) is 0 Å². The van der Waals surface area contributed by atoms with Crippen LogP contribution in [-0.4, -0.2) is 72.3 Å². The molecule has 0 amide bonds. The second-order valence-electron chi connectivity index (χ2n) is 10.1. The molecule has 2 aromatic heterocycles. The normalized spacial score (nSPS) is 25.6. The molecule has 6 rings (SSSR count). The minimum atomic E-state index is -1.30. The number of benzene rings is 2. The fourth-order valence-electron chi connectivity index (χ4n) is 5.67. The van der Waals surface area contributed by atoms with Crippen LogP contribution in [0.3, 0.4) is 0 Å². The monoisotopic (exact) mass is 541 g/mol. The standard InChI is InChI=1S/C29H27N5O6/c1-2-39-28(38)29(13-30)10-17-8-19(16-6-4-3-5-7-16)20(9-18(17)11-29)22-23-26(32-14-31-22)34(15-33-23)27-25(37)24(36)21(12-35)40-27/h3-9,14-15,21,24-25,27,35-37H,2,10-12H2,1H3/t21-,24-,25-,27-,29?/m1/s1. The van der Waals surface area contributed by atoms with Gasteiger partial charge in [0.15, 0.2) is 17.3 Å². The van der Waals surface area contributed by atoms with Crippen molar-refractivity contribution in [1.29, 1.82) is 5.26 Å². The molecule has 0 radical (unpaired) electrons. The molecule has 1 unspecified atom stereocenters. The SMILES string of the molecule is CCOC(=O)C1(C#N)Cc2cc(-c3ccccc3)c(-c3ncnc4c3ncn4[C@@H]3O[C@H](CO)[C@@H](O)[C@H]3O)cc2C1. The van der Waals surface area contributed by atoms with Crippen molar-refractivity contribution in [1.82, 2.24) is 19.5 Å². The lowest BCUT2D eigenvalue weighted by atomic mass is 9.86. The van der Waals surface area contributed by atoms with Crippen molar-refractivity contribution in [2.45, 2.75) is 44.3 Å². The number of fused-ring (bicyclic) bond motifs is 2. The van der Waals surface area contributed by atoms with E-state index in [2.05, 4.69) is 21.0 Å². The Labute approximate surface area is 229 Å². The summed E-state index contributed by atoms with van der Waals surface area (Å²) in [6, 6.07) is 15.9. The molecular weight excluding hydrogens is 514 g/mol. The highest BCUT2D eigenvalue weighted by Crippen LogP contribution is 2.44. The molecule has 0 saturated carbocycles. The first kappa shape index (κ1) is 26.0. The van der Waals surface area contributed by atoms with Crippen molar-refractivity contribution in [2.75, 3.05) is 13.2 Å². The lowest BCUT2D eigenvalue weighted by Gasteiger charge is -2.17. The summed E-state index contributed by atoms with van der Waals surface area (Å²) in [6.45, 7) is 1.46. The van der Waals surface area contributed by atoms with Gasteiger partial charge in [0.2, 0.25) is 0 Å². The van der Waals surface area contributed by atoms with Gasteiger partial charge >= 0.3 is 5.97 Å². The Balaban J connectivity index is 1.50. The van der Waals surface area contributed by atoms with E-state index in [0.29, 0.717) is 16.9 Å². The molecule has 1 aliphatic heterocycles. The quantitative estimate of drug-likeness (QED) is 0.307. The minimum Gasteiger partial charge on any atom is -0.465 e. The van der Waals surface area contributed by atoms with Crippen LogP contribution in [0.1, 0.15) is 24.3 Å². The molecule has 2 aliphatic rings. The lowest BCUT2D eigenvalue weighted by molar-refractivity contribution is -0.151. The third-order valence-electron chi connectivity index (χ3n) is 7.69. The number of ether oxygens (including phenoxy) is 2. The zero-order chi connectivity index (χ0) is 28.0. The Bertz CT molecular complexity index is 1630. The van der Waals surface area contributed by atoms with E-state index >= 15 is 0 Å². The maximum atomic E-state index is 12.8. The molecule has 5 atom stereocenters. The van der Waals surface area contributed by atoms with Crippen LogP contribution in [0.4, 0.5) is 0 Å². The Morgan fingerprint density at radius 2 is 1.85 bits per heavy atom. The van der Waals surface area contributed by atoms with E-state index < -0.39 is 42.5 Å². The Morgan fingerprint density at radius 1 is 1.12 bits per heavy atom. The Morgan fingerprint density at radius 3 is 2.50 bits per heavy atom. The van der Waals surface area contributed by atoms with Crippen LogP contribution < -0.4 is 0 Å². The zero-order valence-electron chi connectivity index (χ0n) is 21.6. The molecule has 11 nitrogen and oxygen atoms in total. The second kappa shape index (κ2) is 10.1. The molecule has 1 fully saturated rings. The summed E-state index contributed by atoms with van der Waals surface area (Å²) in [5, 5.41) is 40.4. The summed E-state index contributed by atoms with van der Waals surface area (Å²) < 4.78 is 12.5. The highest BCUT2D eigenvalue weighted by molar-refractivity contribution is 5.94. The second-order valence-corrected chi connectivity index (χ2v) is 10.1. The van der Waals surface area contributed by atoms with Crippen molar-refractivity contribution in [3.8, 4) is 28.5 Å². The number of hydrogen-bond acceptors (Lipinski definition) is 10. The number of carbonyl (C=O) groups is 1. The summed E-state index contributed by atoms with van der Waals surface area (Å²) in [6.07, 6.45) is -1.21. The summed E-state index contributed by atoms with van der Waals surface area (Å²) >= 11 is 0. The van der Waals surface area contributed by atoms with Crippen molar-refractivity contribution >= 4 is 17.1 Å². The minimum absolute atomic E-state index is 0.191. The molecular formula is C29H27N5O6. The van der Waals surface area contributed by atoms with Gasteiger partial charge in [-0.25, -0.2) is 15.0 Å². The van der Waals surface area contributed by atoms with Gasteiger partial charge in [-0.05, 0) is 35.2 Å². The van der Waals surface area contributed by atoms with E-state index in [1.54, 1.807) is 6.92 Å². The third-order valence-corrected chi connectivity index (χ3v) is 7.69. The average molecular weight is 542 g/mol. The first-order valence-corrected chi connectivity index (χ1v) is 13.0. The molecule has 4 aromatic rings. The molecule has 204 valence electrons. The zero-order valence-corrected chi connectivity index (χ0v) is 21.6. The van der Waals surface area contributed by atoms with Crippen LogP contribution in [0.15, 0.2) is 55.1 Å². The molecule has 1 aliphatic carbocycles. The van der Waals surface area contributed by atoms with E-state index in [-0.39, 0.29) is 19.4 Å². The van der Waals surface area contributed by atoms with E-state index in [9.17, 15) is 25.4 Å². The highest BCUT2D eigenvalue weighted by atomic mass is 16.6. The van der Waals surface area contributed by atoms with Crippen LogP contribution in [0, 0.1) is 16.7 Å². The van der Waals surface area contributed by atoms with Gasteiger partial charge in [0.05, 0.1) is 25.6 Å². The number of esters is 1. The van der Waals surface area contributed by atoms with Crippen LogP contribution in [0.25, 0.3) is 33.5 Å². The number of aromatic nitrogens is 4. The summed E-state index contributed by atoms with van der Waals surface area (Å²) in [7, 11) is 0. The maximum Gasteiger partial charge on any atom is 0.327 e. The number of nitriles is 1. The van der Waals surface area contributed by atoms with Gasteiger partial charge < -0.3 is 24.8 Å². The number of imidazole rings is 1. The Hall–Kier alpha value is -4.21. The van der Waals surface area contributed by atoms with Crippen LogP contribution in [-0.2, 0) is 27.1 Å². The molecule has 2 aromatic carbocycles. The number of rotatable bonds is 6. The first-order chi connectivity index (χ1) is 19.4. The van der Waals surface area contributed by atoms with Gasteiger partial charge in [-0.2, -0.15) is 5.26 Å². The van der Waals surface area contributed by atoms with Gasteiger partial charge in [-0.15, -0.1) is 0 Å². The van der Waals surface area contributed by atoms with Crippen LogP contribution >= 0.6 is 0 Å². The smallest absolute Gasteiger partial charge is 0.327 e. The van der Waals surface area contributed by atoms with Gasteiger partial charge in [-0.3, -0.25) is 9.36 Å². The molecule has 11 heteroatoms. The average Bonchev–Trinajstić information content (AvgIpc) is 3.66. The lowest BCUT2D eigenvalue weighted by Crippen LogP contribution is -2.33. The fraction of sp³-hybridized carbons (Fsp3) is 0.345. The van der Waals surface area contributed by atoms with E-state index in [1.807, 2.05) is 42.5 Å². The van der Waals surface area contributed by atoms with Crippen molar-refractivity contribution < 1.29 is 29.6 Å². The van der Waals surface area contributed by atoms with Gasteiger partial charge in [0.1, 0.15) is 35.8 Å². The van der Waals surface area contributed by atoms with Crippen molar-refractivity contribution in [3.05, 3.63) is 66.2 Å². The number of aliphatic hydroxyl groups excluding tert-OH is 3. The van der Waals surface area contributed by atoms with E-state index in [1.165, 1.54) is 17.2 Å². The summed E-state index contributed by atoms with van der Waals surface area (Å²) in [5.74, 6) is -0.529. The number of carbonyl (C=O) groups excluding carboxylic acids is 1. The topological polar surface area (TPSA) is 164 Å². The van der Waals surface area contributed by atoms with Crippen molar-refractivity contribution in [2.24, 2.45) is 5.41 Å². The molecule has 40 heavy (non-hydrogen) atoms. The van der Waals surface area contributed by atoms with Crippen LogP contribution in [0.5, 0.6) is 0 Å². The largest absolute Gasteiger partial charge is 0.465 e. The van der Waals surface area contributed by atoms with Gasteiger partial charge in [0, 0.05) is 18.4 Å². The summed E-state index contributed by atoms with van der Waals surface area (Å²) in [4.78, 5) is 26.3. The van der Waals surface area contributed by atoms with Crippen molar-refractivity contribution in [3.63, 3.8) is 0 Å². The first-order valence-electron chi connectivity index (χ1n) is 13.0. The molecule has 3 heterocycles. The van der Waals surface area contributed by atoms with Gasteiger partial charge in [-0.1, -0.05) is 36.4 Å². The van der Waals surface area contributed by atoms with E-state index in [0.717, 1.165) is 27.8 Å². The maximum absolute atomic E-state index is 12.8. The number of hydrogen-bond donors (Lipinski definition) is 3. The Kier molecular flexibility index (Phi) is 6.56. The molecule has 0 bridgehead atoms.